The van der Waals surface area contributed by atoms with Crippen LogP contribution in [-0.2, 0) is 11.2 Å². The number of nitriles is 1. The van der Waals surface area contributed by atoms with Crippen LogP contribution in [0.2, 0.25) is 0 Å². The van der Waals surface area contributed by atoms with Gasteiger partial charge in [0.2, 0.25) is 5.91 Å². The molecular weight excluding hydrogens is 242 g/mol. The first-order valence-electron chi connectivity index (χ1n) is 6.09. The maximum atomic E-state index is 12.2. The molecule has 1 aliphatic rings. The van der Waals surface area contributed by atoms with Gasteiger partial charge in [0.15, 0.2) is 0 Å². The predicted molar refractivity (Wildman–Crippen MR) is 70.5 cm³/mol. The van der Waals surface area contributed by atoms with Crippen molar-refractivity contribution in [2.45, 2.75) is 13.3 Å². The lowest BCUT2D eigenvalue weighted by molar-refractivity contribution is -0.115. The molecule has 98 valence electrons. The quantitative estimate of drug-likeness (QED) is 0.889. The summed E-state index contributed by atoms with van der Waals surface area (Å²) in [6.45, 7) is 2.16. The number of anilines is 1. The lowest BCUT2D eigenvalue weighted by atomic mass is 10.1. The molecular formula is C14H15N3O2. The number of hydrogen-bond acceptors (Lipinski definition) is 3. The molecule has 5 heteroatoms. The Morgan fingerprint density at radius 1 is 1.58 bits per heavy atom. The molecule has 0 aromatic heterocycles. The minimum atomic E-state index is -0.205. The lowest BCUT2D eigenvalue weighted by Gasteiger charge is -2.18. The predicted octanol–water partition coefficient (Wildman–Crippen LogP) is 1.41. The van der Waals surface area contributed by atoms with Gasteiger partial charge in [-0.15, -0.1) is 0 Å². The van der Waals surface area contributed by atoms with Crippen molar-refractivity contribution in [1.29, 1.82) is 5.26 Å². The fraction of sp³-hybridized carbons (Fsp3) is 0.357. The average molecular weight is 257 g/mol. The van der Waals surface area contributed by atoms with Gasteiger partial charge in [-0.25, -0.2) is 0 Å². The van der Waals surface area contributed by atoms with Gasteiger partial charge in [-0.1, -0.05) is 6.07 Å². The van der Waals surface area contributed by atoms with E-state index in [-0.39, 0.29) is 17.7 Å². The zero-order valence-corrected chi connectivity index (χ0v) is 10.9. The van der Waals surface area contributed by atoms with Crippen LogP contribution in [0.25, 0.3) is 0 Å². The first kappa shape index (κ1) is 13.1. The second kappa shape index (κ2) is 5.11. The molecule has 2 rings (SSSR count). The number of rotatable bonds is 3. The van der Waals surface area contributed by atoms with E-state index in [1.807, 2.05) is 0 Å². The zero-order chi connectivity index (χ0) is 14.0. The van der Waals surface area contributed by atoms with Crippen molar-refractivity contribution in [2.24, 2.45) is 5.92 Å². The summed E-state index contributed by atoms with van der Waals surface area (Å²) >= 11 is 0. The van der Waals surface area contributed by atoms with Crippen LogP contribution in [0.5, 0.6) is 0 Å². The number of carbonyl (C=O) groups is 2. The van der Waals surface area contributed by atoms with Gasteiger partial charge in [-0.3, -0.25) is 9.59 Å². The number of amides is 2. The summed E-state index contributed by atoms with van der Waals surface area (Å²) in [5.74, 6) is -0.403. The van der Waals surface area contributed by atoms with E-state index in [4.69, 9.17) is 5.26 Å². The Morgan fingerprint density at radius 3 is 3.00 bits per heavy atom. The van der Waals surface area contributed by atoms with Crippen LogP contribution in [0.15, 0.2) is 18.2 Å². The van der Waals surface area contributed by atoms with E-state index in [1.54, 1.807) is 32.2 Å². The van der Waals surface area contributed by atoms with Crippen molar-refractivity contribution in [1.82, 2.24) is 4.90 Å². The largest absolute Gasteiger partial charge is 0.340 e. The summed E-state index contributed by atoms with van der Waals surface area (Å²) in [5.41, 5.74) is 2.14. The zero-order valence-electron chi connectivity index (χ0n) is 10.9. The van der Waals surface area contributed by atoms with Crippen LogP contribution >= 0.6 is 0 Å². The Morgan fingerprint density at radius 2 is 2.32 bits per heavy atom. The topological polar surface area (TPSA) is 73.2 Å². The lowest BCUT2D eigenvalue weighted by Crippen LogP contribution is -2.30. The maximum Gasteiger partial charge on any atom is 0.253 e. The Bertz CT molecular complexity index is 575. The van der Waals surface area contributed by atoms with Crippen molar-refractivity contribution in [3.63, 3.8) is 0 Å². The smallest absolute Gasteiger partial charge is 0.253 e. The third-order valence-electron chi connectivity index (χ3n) is 3.10. The first-order valence-corrected chi connectivity index (χ1v) is 6.09. The summed E-state index contributed by atoms with van der Waals surface area (Å²) in [5, 5.41) is 11.5. The van der Waals surface area contributed by atoms with Gasteiger partial charge in [-0.05, 0) is 24.6 Å². The molecule has 0 fully saturated rings. The minimum absolute atomic E-state index is 0.0499. The third-order valence-corrected chi connectivity index (χ3v) is 3.10. The molecule has 2 amide bonds. The van der Waals surface area contributed by atoms with E-state index in [2.05, 4.69) is 11.4 Å². The Balaban J connectivity index is 2.15. The van der Waals surface area contributed by atoms with Gasteiger partial charge in [0.05, 0.1) is 18.4 Å². The molecule has 1 aromatic rings. The SMILES string of the molecule is CC(C#N)CN(C)C(=O)c1ccc2c(c1)NC(=O)C2. The highest BCUT2D eigenvalue weighted by Gasteiger charge is 2.20. The first-order chi connectivity index (χ1) is 9.01. The summed E-state index contributed by atoms with van der Waals surface area (Å²) in [6.07, 6.45) is 0.366. The van der Waals surface area contributed by atoms with Crippen LogP contribution in [0.1, 0.15) is 22.8 Å². The second-order valence-electron chi connectivity index (χ2n) is 4.81. The van der Waals surface area contributed by atoms with E-state index in [0.29, 0.717) is 24.2 Å². The highest BCUT2D eigenvalue weighted by Crippen LogP contribution is 2.24. The van der Waals surface area contributed by atoms with Crippen molar-refractivity contribution in [3.8, 4) is 6.07 Å². The average Bonchev–Trinajstić information content (AvgIpc) is 2.76. The molecule has 5 nitrogen and oxygen atoms in total. The van der Waals surface area contributed by atoms with Crippen LogP contribution in [0, 0.1) is 17.2 Å². The van der Waals surface area contributed by atoms with E-state index in [9.17, 15) is 9.59 Å². The van der Waals surface area contributed by atoms with Crippen molar-refractivity contribution in [3.05, 3.63) is 29.3 Å². The van der Waals surface area contributed by atoms with Gasteiger partial charge in [0, 0.05) is 24.8 Å². The van der Waals surface area contributed by atoms with Gasteiger partial charge < -0.3 is 10.2 Å². The molecule has 1 aromatic carbocycles. The van der Waals surface area contributed by atoms with Crippen LogP contribution < -0.4 is 5.32 Å². The monoisotopic (exact) mass is 257 g/mol. The number of nitrogens with zero attached hydrogens (tertiary/aromatic N) is 2. The van der Waals surface area contributed by atoms with Crippen molar-refractivity contribution < 1.29 is 9.59 Å². The standard InChI is InChI=1S/C14H15N3O2/c1-9(7-15)8-17(2)14(19)11-4-3-10-6-13(18)16-12(10)5-11/h3-5,9H,6,8H2,1-2H3,(H,16,18). The molecule has 1 heterocycles. The summed E-state index contributed by atoms with van der Waals surface area (Å²) in [7, 11) is 1.67. The third kappa shape index (κ3) is 2.74. The van der Waals surface area contributed by atoms with E-state index < -0.39 is 0 Å². The molecule has 0 saturated carbocycles. The molecule has 1 aliphatic heterocycles. The molecule has 0 radical (unpaired) electrons. The molecule has 0 aliphatic carbocycles. The molecule has 1 unspecified atom stereocenters. The number of benzene rings is 1. The van der Waals surface area contributed by atoms with Gasteiger partial charge in [-0.2, -0.15) is 5.26 Å². The minimum Gasteiger partial charge on any atom is -0.340 e. The van der Waals surface area contributed by atoms with Crippen molar-refractivity contribution in [2.75, 3.05) is 18.9 Å². The van der Waals surface area contributed by atoms with Crippen LogP contribution in [0.3, 0.4) is 0 Å². The summed E-state index contributed by atoms with van der Waals surface area (Å²) < 4.78 is 0. The molecule has 1 N–H and O–H groups in total. The molecule has 0 spiro atoms. The highest BCUT2D eigenvalue weighted by atomic mass is 16.2. The summed E-state index contributed by atoms with van der Waals surface area (Å²) in [4.78, 5) is 25.0. The second-order valence-corrected chi connectivity index (χ2v) is 4.81. The Kier molecular flexibility index (Phi) is 3.52. The Hall–Kier alpha value is -2.35. The molecule has 0 bridgehead atoms. The molecule has 19 heavy (non-hydrogen) atoms. The summed E-state index contributed by atoms with van der Waals surface area (Å²) in [6, 6.07) is 7.30. The van der Waals surface area contributed by atoms with Crippen LogP contribution in [0.4, 0.5) is 5.69 Å². The fourth-order valence-corrected chi connectivity index (χ4v) is 2.10. The number of carbonyl (C=O) groups excluding carboxylic acids is 2. The molecule has 1 atom stereocenters. The number of hydrogen-bond donors (Lipinski definition) is 1. The number of nitrogens with one attached hydrogen (secondary N) is 1. The highest BCUT2D eigenvalue weighted by molar-refractivity contribution is 6.02. The van der Waals surface area contributed by atoms with Crippen LogP contribution in [-0.4, -0.2) is 30.3 Å². The normalized spacial score (nSPS) is 14.3. The van der Waals surface area contributed by atoms with E-state index >= 15 is 0 Å². The molecule has 0 saturated heterocycles. The van der Waals surface area contributed by atoms with Crippen molar-refractivity contribution >= 4 is 17.5 Å². The van der Waals surface area contributed by atoms with E-state index in [1.165, 1.54) is 4.90 Å². The van der Waals surface area contributed by atoms with Gasteiger partial charge in [0.25, 0.3) is 5.91 Å². The Labute approximate surface area is 111 Å². The maximum absolute atomic E-state index is 12.2. The van der Waals surface area contributed by atoms with Gasteiger partial charge in [0.1, 0.15) is 0 Å². The van der Waals surface area contributed by atoms with E-state index in [0.717, 1.165) is 5.56 Å². The number of fused-ring (bicyclic) bond motifs is 1. The van der Waals surface area contributed by atoms with Gasteiger partial charge >= 0.3 is 0 Å². The fourth-order valence-electron chi connectivity index (χ4n) is 2.10.